The van der Waals surface area contributed by atoms with Crippen LogP contribution in [0.4, 0.5) is 16.0 Å². The van der Waals surface area contributed by atoms with E-state index in [1.165, 1.54) is 6.33 Å². The molecule has 152 valence electrons. The van der Waals surface area contributed by atoms with Gasteiger partial charge >= 0.3 is 0 Å². The number of hydrogen-bond donors (Lipinski definition) is 2. The third kappa shape index (κ3) is 4.65. The first-order chi connectivity index (χ1) is 14.7. The average molecular weight is 421 g/mol. The van der Waals surface area contributed by atoms with Crippen LogP contribution < -0.4 is 10.6 Å². The van der Waals surface area contributed by atoms with E-state index < -0.39 is 5.82 Å². The predicted molar refractivity (Wildman–Crippen MR) is 121 cm³/mol. The number of thioether (sulfide) groups is 1. The summed E-state index contributed by atoms with van der Waals surface area (Å²) in [7, 11) is 0. The summed E-state index contributed by atoms with van der Waals surface area (Å²) in [5, 5.41) is 7.23. The standard InChI is InChI=1S/C22H21FN6S/c1-30-10-9-25-19-7-4-15(12-26-19)13-27-22-20(23)21(28-14-29-22)17-5-6-18-16(11-17)3-2-8-24-18/h2-8,11-12,14H,9-10,13H2,1H3,(H,25,26)(H,27,28,29). The van der Waals surface area contributed by atoms with Crippen molar-refractivity contribution < 1.29 is 4.39 Å². The minimum Gasteiger partial charge on any atom is -0.369 e. The minimum absolute atomic E-state index is 0.161. The summed E-state index contributed by atoms with van der Waals surface area (Å²) in [4.78, 5) is 16.9. The van der Waals surface area contributed by atoms with Gasteiger partial charge in [0.05, 0.1) is 5.52 Å². The Morgan fingerprint density at radius 1 is 1.00 bits per heavy atom. The van der Waals surface area contributed by atoms with Crippen molar-refractivity contribution in [1.82, 2.24) is 19.9 Å². The number of aromatic nitrogens is 4. The molecule has 0 bridgehead atoms. The van der Waals surface area contributed by atoms with Gasteiger partial charge in [-0.15, -0.1) is 0 Å². The van der Waals surface area contributed by atoms with Crippen LogP contribution in [0.25, 0.3) is 22.2 Å². The smallest absolute Gasteiger partial charge is 0.191 e. The molecule has 6 nitrogen and oxygen atoms in total. The van der Waals surface area contributed by atoms with E-state index in [9.17, 15) is 0 Å². The highest BCUT2D eigenvalue weighted by Gasteiger charge is 2.13. The van der Waals surface area contributed by atoms with Crippen molar-refractivity contribution >= 4 is 34.3 Å². The van der Waals surface area contributed by atoms with Gasteiger partial charge in [-0.2, -0.15) is 11.8 Å². The van der Waals surface area contributed by atoms with Crippen molar-refractivity contribution in [3.05, 3.63) is 72.6 Å². The molecule has 1 aromatic carbocycles. The molecule has 0 saturated heterocycles. The van der Waals surface area contributed by atoms with E-state index in [2.05, 4.69) is 36.8 Å². The quantitative estimate of drug-likeness (QED) is 0.403. The van der Waals surface area contributed by atoms with Gasteiger partial charge in [0.1, 0.15) is 17.8 Å². The first-order valence-electron chi connectivity index (χ1n) is 9.52. The van der Waals surface area contributed by atoms with Crippen LogP contribution in [0, 0.1) is 5.82 Å². The predicted octanol–water partition coefficient (Wildman–Crippen LogP) is 4.61. The molecule has 8 heteroatoms. The number of nitrogens with zero attached hydrogens (tertiary/aromatic N) is 4. The molecule has 3 heterocycles. The van der Waals surface area contributed by atoms with Crippen LogP contribution in [-0.2, 0) is 6.54 Å². The van der Waals surface area contributed by atoms with E-state index in [-0.39, 0.29) is 11.5 Å². The molecular weight excluding hydrogens is 399 g/mol. The molecule has 4 aromatic rings. The molecule has 4 rings (SSSR count). The van der Waals surface area contributed by atoms with Gasteiger partial charge in [-0.1, -0.05) is 18.2 Å². The van der Waals surface area contributed by atoms with Crippen LogP contribution in [0.15, 0.2) is 61.2 Å². The molecule has 2 N–H and O–H groups in total. The Labute approximate surface area is 178 Å². The molecule has 0 saturated carbocycles. The summed E-state index contributed by atoms with van der Waals surface area (Å²) in [6.07, 6.45) is 6.94. The summed E-state index contributed by atoms with van der Waals surface area (Å²) in [5.41, 5.74) is 2.72. The first kappa shape index (κ1) is 20.0. The van der Waals surface area contributed by atoms with E-state index in [0.29, 0.717) is 12.1 Å². The lowest BCUT2D eigenvalue weighted by Gasteiger charge is -2.10. The number of rotatable bonds is 8. The van der Waals surface area contributed by atoms with Crippen molar-refractivity contribution in [2.45, 2.75) is 6.54 Å². The number of hydrogen-bond acceptors (Lipinski definition) is 7. The SMILES string of the molecule is CSCCNc1ccc(CNc2ncnc(-c3ccc4ncccc4c3)c2F)cn1. The van der Waals surface area contributed by atoms with Crippen LogP contribution in [0.2, 0.25) is 0 Å². The topological polar surface area (TPSA) is 75.6 Å². The van der Waals surface area contributed by atoms with Crippen LogP contribution >= 0.6 is 11.8 Å². The fourth-order valence-corrected chi connectivity index (χ4v) is 3.32. The van der Waals surface area contributed by atoms with Crippen molar-refractivity contribution in [2.24, 2.45) is 0 Å². The van der Waals surface area contributed by atoms with Gasteiger partial charge < -0.3 is 10.6 Å². The third-order valence-corrected chi connectivity index (χ3v) is 5.18. The molecule has 0 aliphatic heterocycles. The maximum Gasteiger partial charge on any atom is 0.191 e. The Balaban J connectivity index is 1.47. The zero-order valence-corrected chi connectivity index (χ0v) is 17.3. The highest BCUT2D eigenvalue weighted by atomic mass is 32.2. The fourth-order valence-electron chi connectivity index (χ4n) is 3.02. The Morgan fingerprint density at radius 3 is 2.77 bits per heavy atom. The van der Waals surface area contributed by atoms with Gasteiger partial charge in [-0.25, -0.2) is 19.3 Å². The number of pyridine rings is 2. The molecule has 0 amide bonds. The number of nitrogens with one attached hydrogen (secondary N) is 2. The van der Waals surface area contributed by atoms with Crippen LogP contribution in [-0.4, -0.2) is 38.5 Å². The maximum absolute atomic E-state index is 15.1. The van der Waals surface area contributed by atoms with Crippen LogP contribution in [0.3, 0.4) is 0 Å². The summed E-state index contributed by atoms with van der Waals surface area (Å²) < 4.78 is 15.1. The monoisotopic (exact) mass is 420 g/mol. The maximum atomic E-state index is 15.1. The minimum atomic E-state index is -0.482. The third-order valence-electron chi connectivity index (χ3n) is 4.56. The van der Waals surface area contributed by atoms with Crippen LogP contribution in [0.5, 0.6) is 0 Å². The summed E-state index contributed by atoms with van der Waals surface area (Å²) in [5.74, 6) is 1.53. The van der Waals surface area contributed by atoms with E-state index in [1.807, 2.05) is 42.5 Å². The fraction of sp³-hybridized carbons (Fsp3) is 0.182. The van der Waals surface area contributed by atoms with Gasteiger partial charge in [0, 0.05) is 42.2 Å². The van der Waals surface area contributed by atoms with E-state index in [1.54, 1.807) is 24.2 Å². The van der Waals surface area contributed by atoms with Crippen molar-refractivity contribution in [3.8, 4) is 11.3 Å². The summed E-state index contributed by atoms with van der Waals surface area (Å²) in [6.45, 7) is 1.28. The first-order valence-corrected chi connectivity index (χ1v) is 10.9. The van der Waals surface area contributed by atoms with Gasteiger partial charge in [0.15, 0.2) is 11.6 Å². The molecule has 0 aliphatic carbocycles. The Bertz CT molecular complexity index is 1140. The van der Waals surface area contributed by atoms with Gasteiger partial charge in [-0.05, 0) is 36.1 Å². The number of anilines is 2. The molecule has 0 aliphatic rings. The van der Waals surface area contributed by atoms with Crippen LogP contribution in [0.1, 0.15) is 5.56 Å². The molecular formula is C22H21FN6S. The second kappa shape index (κ2) is 9.49. The van der Waals surface area contributed by atoms with Gasteiger partial charge in [-0.3, -0.25) is 4.98 Å². The molecule has 30 heavy (non-hydrogen) atoms. The summed E-state index contributed by atoms with van der Waals surface area (Å²) in [6, 6.07) is 13.2. The molecule has 0 radical (unpaired) electrons. The second-order valence-corrected chi connectivity index (χ2v) is 7.61. The summed E-state index contributed by atoms with van der Waals surface area (Å²) >= 11 is 1.78. The zero-order valence-electron chi connectivity index (χ0n) is 16.5. The van der Waals surface area contributed by atoms with E-state index >= 15 is 4.39 Å². The highest BCUT2D eigenvalue weighted by molar-refractivity contribution is 7.98. The lowest BCUT2D eigenvalue weighted by molar-refractivity contribution is 0.621. The van der Waals surface area contributed by atoms with Crippen molar-refractivity contribution in [2.75, 3.05) is 29.2 Å². The Morgan fingerprint density at radius 2 is 1.93 bits per heavy atom. The zero-order chi connectivity index (χ0) is 20.8. The Kier molecular flexibility index (Phi) is 6.34. The molecule has 0 spiro atoms. The lowest BCUT2D eigenvalue weighted by Crippen LogP contribution is -2.07. The number of halogens is 1. The lowest BCUT2D eigenvalue weighted by atomic mass is 10.1. The molecule has 3 aromatic heterocycles. The highest BCUT2D eigenvalue weighted by Crippen LogP contribution is 2.26. The van der Waals surface area contributed by atoms with E-state index in [4.69, 9.17) is 0 Å². The number of fused-ring (bicyclic) bond motifs is 1. The van der Waals surface area contributed by atoms with E-state index in [0.717, 1.165) is 34.6 Å². The second-order valence-electron chi connectivity index (χ2n) is 6.62. The van der Waals surface area contributed by atoms with Crippen molar-refractivity contribution in [1.29, 1.82) is 0 Å². The average Bonchev–Trinajstić information content (AvgIpc) is 2.79. The number of benzene rings is 1. The van der Waals surface area contributed by atoms with Crippen molar-refractivity contribution in [3.63, 3.8) is 0 Å². The normalized spacial score (nSPS) is 10.9. The molecule has 0 fully saturated rings. The van der Waals surface area contributed by atoms with Gasteiger partial charge in [0.25, 0.3) is 0 Å². The largest absolute Gasteiger partial charge is 0.369 e. The molecule has 0 atom stereocenters. The Hall–Kier alpha value is -3.26. The molecule has 0 unspecified atom stereocenters. The van der Waals surface area contributed by atoms with Gasteiger partial charge in [0.2, 0.25) is 0 Å².